The Bertz CT molecular complexity index is 383. The van der Waals surface area contributed by atoms with Crippen molar-refractivity contribution in [3.05, 3.63) is 34.4 Å². The van der Waals surface area contributed by atoms with Gasteiger partial charge in [0.2, 0.25) is 0 Å². The summed E-state index contributed by atoms with van der Waals surface area (Å²) in [5.74, 6) is 0. The van der Waals surface area contributed by atoms with Crippen molar-refractivity contribution in [2.75, 3.05) is 6.61 Å². The summed E-state index contributed by atoms with van der Waals surface area (Å²) in [5, 5.41) is 12.5. The summed E-state index contributed by atoms with van der Waals surface area (Å²) in [5.41, 5.74) is 5.43. The van der Waals surface area contributed by atoms with Gasteiger partial charge in [-0.15, -0.1) is 0 Å². The summed E-state index contributed by atoms with van der Waals surface area (Å²) in [6, 6.07) is 4.37. The first kappa shape index (κ1) is 14.2. The Kier molecular flexibility index (Phi) is 4.72. The number of hydrogen-bond donors (Lipinski definition) is 2. The third kappa shape index (κ3) is 3.83. The van der Waals surface area contributed by atoms with Crippen molar-refractivity contribution in [1.29, 1.82) is 0 Å². The molecule has 0 amide bonds. The summed E-state index contributed by atoms with van der Waals surface area (Å²) in [6.07, 6.45) is 0.775. The highest BCUT2D eigenvalue weighted by Gasteiger charge is 2.16. The van der Waals surface area contributed by atoms with E-state index in [0.29, 0.717) is 0 Å². The van der Waals surface area contributed by atoms with E-state index in [2.05, 4.69) is 52.1 Å². The van der Waals surface area contributed by atoms with Crippen LogP contribution in [0.1, 0.15) is 42.5 Å². The van der Waals surface area contributed by atoms with Gasteiger partial charge in [0.1, 0.15) is 0 Å². The maximum absolute atomic E-state index is 8.99. The molecule has 0 bridgehead atoms. The van der Waals surface area contributed by atoms with Gasteiger partial charge in [0.25, 0.3) is 0 Å². The van der Waals surface area contributed by atoms with Crippen LogP contribution < -0.4 is 5.32 Å². The zero-order chi connectivity index (χ0) is 13.1. The van der Waals surface area contributed by atoms with Crippen LogP contribution in [0.25, 0.3) is 0 Å². The standard InChI is InChI=1S/C15H25NO/c1-11-6-7-14(13(3)12(11)2)10-16-15(4,5)8-9-17/h6-7,16-17H,8-10H2,1-5H3. The van der Waals surface area contributed by atoms with Gasteiger partial charge in [0.15, 0.2) is 0 Å². The Morgan fingerprint density at radius 3 is 2.35 bits per heavy atom. The smallest absolute Gasteiger partial charge is 0.0448 e. The Labute approximate surface area is 105 Å². The van der Waals surface area contributed by atoms with Crippen molar-refractivity contribution in [3.8, 4) is 0 Å². The first-order chi connectivity index (χ1) is 7.87. The summed E-state index contributed by atoms with van der Waals surface area (Å²) < 4.78 is 0. The van der Waals surface area contributed by atoms with Crippen LogP contribution in [0.2, 0.25) is 0 Å². The number of aliphatic hydroxyl groups is 1. The third-order valence-corrected chi connectivity index (χ3v) is 3.66. The quantitative estimate of drug-likeness (QED) is 0.822. The molecule has 0 aliphatic carbocycles. The highest BCUT2D eigenvalue weighted by atomic mass is 16.3. The average Bonchev–Trinajstić information content (AvgIpc) is 2.25. The molecule has 17 heavy (non-hydrogen) atoms. The lowest BCUT2D eigenvalue weighted by Gasteiger charge is -2.26. The van der Waals surface area contributed by atoms with Crippen molar-refractivity contribution >= 4 is 0 Å². The second-order valence-corrected chi connectivity index (χ2v) is 5.50. The summed E-state index contributed by atoms with van der Waals surface area (Å²) in [6.45, 7) is 11.8. The minimum Gasteiger partial charge on any atom is -0.396 e. The van der Waals surface area contributed by atoms with Crippen molar-refractivity contribution in [2.24, 2.45) is 0 Å². The molecule has 1 rings (SSSR count). The van der Waals surface area contributed by atoms with Crippen LogP contribution in [0, 0.1) is 20.8 Å². The molecule has 1 aromatic carbocycles. The Balaban J connectivity index is 2.73. The molecule has 2 heteroatoms. The minimum absolute atomic E-state index is 0.0139. The van der Waals surface area contributed by atoms with E-state index in [1.807, 2.05) is 0 Å². The number of hydrogen-bond acceptors (Lipinski definition) is 2. The van der Waals surface area contributed by atoms with Gasteiger partial charge in [-0.05, 0) is 63.3 Å². The molecular weight excluding hydrogens is 210 g/mol. The van der Waals surface area contributed by atoms with Crippen LogP contribution in [0.15, 0.2) is 12.1 Å². The minimum atomic E-state index is -0.0139. The van der Waals surface area contributed by atoms with Gasteiger partial charge in [-0.3, -0.25) is 0 Å². The first-order valence-corrected chi connectivity index (χ1v) is 6.29. The molecule has 96 valence electrons. The lowest BCUT2D eigenvalue weighted by atomic mass is 9.97. The molecule has 0 heterocycles. The van der Waals surface area contributed by atoms with Gasteiger partial charge in [-0.2, -0.15) is 0 Å². The van der Waals surface area contributed by atoms with E-state index < -0.39 is 0 Å². The van der Waals surface area contributed by atoms with E-state index in [-0.39, 0.29) is 12.1 Å². The molecule has 0 aliphatic heterocycles. The molecule has 0 unspecified atom stereocenters. The van der Waals surface area contributed by atoms with E-state index in [0.717, 1.165) is 13.0 Å². The fourth-order valence-electron chi connectivity index (χ4n) is 1.91. The average molecular weight is 235 g/mol. The van der Waals surface area contributed by atoms with E-state index >= 15 is 0 Å². The van der Waals surface area contributed by atoms with E-state index in [9.17, 15) is 0 Å². The predicted octanol–water partition coefficient (Wildman–Crippen LogP) is 2.86. The SMILES string of the molecule is Cc1ccc(CNC(C)(C)CCO)c(C)c1C. The van der Waals surface area contributed by atoms with Gasteiger partial charge in [0, 0.05) is 18.7 Å². The van der Waals surface area contributed by atoms with Crippen molar-refractivity contribution in [1.82, 2.24) is 5.32 Å². The zero-order valence-electron chi connectivity index (χ0n) is 11.7. The van der Waals surface area contributed by atoms with Crippen LogP contribution in [0.4, 0.5) is 0 Å². The fraction of sp³-hybridized carbons (Fsp3) is 0.600. The molecule has 1 aromatic rings. The highest BCUT2D eigenvalue weighted by Crippen LogP contribution is 2.18. The monoisotopic (exact) mass is 235 g/mol. The molecule has 0 fully saturated rings. The van der Waals surface area contributed by atoms with Gasteiger partial charge in [-0.25, -0.2) is 0 Å². The predicted molar refractivity (Wildman–Crippen MR) is 73.3 cm³/mol. The van der Waals surface area contributed by atoms with E-state index in [1.54, 1.807) is 0 Å². The highest BCUT2D eigenvalue weighted by molar-refractivity contribution is 5.38. The summed E-state index contributed by atoms with van der Waals surface area (Å²) in [4.78, 5) is 0. The van der Waals surface area contributed by atoms with E-state index in [1.165, 1.54) is 22.3 Å². The molecule has 0 saturated heterocycles. The maximum Gasteiger partial charge on any atom is 0.0448 e. The molecule has 0 aromatic heterocycles. The molecule has 2 nitrogen and oxygen atoms in total. The number of rotatable bonds is 5. The topological polar surface area (TPSA) is 32.3 Å². The van der Waals surface area contributed by atoms with Crippen LogP contribution in [0.3, 0.4) is 0 Å². The lowest BCUT2D eigenvalue weighted by molar-refractivity contribution is 0.230. The molecule has 0 saturated carbocycles. The lowest BCUT2D eigenvalue weighted by Crippen LogP contribution is -2.39. The Morgan fingerprint density at radius 2 is 1.76 bits per heavy atom. The van der Waals surface area contributed by atoms with Crippen molar-refractivity contribution < 1.29 is 5.11 Å². The van der Waals surface area contributed by atoms with Gasteiger partial charge in [0.05, 0.1) is 0 Å². The summed E-state index contributed by atoms with van der Waals surface area (Å²) >= 11 is 0. The van der Waals surface area contributed by atoms with Gasteiger partial charge in [-0.1, -0.05) is 12.1 Å². The molecule has 2 N–H and O–H groups in total. The number of aliphatic hydroxyl groups excluding tert-OH is 1. The summed E-state index contributed by atoms with van der Waals surface area (Å²) in [7, 11) is 0. The van der Waals surface area contributed by atoms with Crippen molar-refractivity contribution in [2.45, 2.75) is 53.1 Å². The van der Waals surface area contributed by atoms with Gasteiger partial charge < -0.3 is 10.4 Å². The normalized spacial score (nSPS) is 11.9. The molecule has 0 radical (unpaired) electrons. The van der Waals surface area contributed by atoms with Crippen LogP contribution in [-0.4, -0.2) is 17.3 Å². The third-order valence-electron chi connectivity index (χ3n) is 3.66. The number of aryl methyl sites for hydroxylation is 1. The maximum atomic E-state index is 8.99. The van der Waals surface area contributed by atoms with Crippen LogP contribution >= 0.6 is 0 Å². The molecular formula is C15H25NO. The number of nitrogens with one attached hydrogen (secondary N) is 1. The van der Waals surface area contributed by atoms with Crippen LogP contribution in [0.5, 0.6) is 0 Å². The largest absolute Gasteiger partial charge is 0.396 e. The Morgan fingerprint density at radius 1 is 1.12 bits per heavy atom. The van der Waals surface area contributed by atoms with Gasteiger partial charge >= 0.3 is 0 Å². The van der Waals surface area contributed by atoms with Crippen LogP contribution in [-0.2, 0) is 6.54 Å². The second-order valence-electron chi connectivity index (χ2n) is 5.50. The molecule has 0 spiro atoms. The molecule has 0 atom stereocenters. The van der Waals surface area contributed by atoms with Crippen molar-refractivity contribution in [3.63, 3.8) is 0 Å². The first-order valence-electron chi connectivity index (χ1n) is 6.29. The zero-order valence-corrected chi connectivity index (χ0v) is 11.7. The second kappa shape index (κ2) is 5.65. The number of benzene rings is 1. The fourth-order valence-corrected chi connectivity index (χ4v) is 1.91. The van der Waals surface area contributed by atoms with E-state index in [4.69, 9.17) is 5.11 Å². The Hall–Kier alpha value is -0.860. The molecule has 0 aliphatic rings.